The summed E-state index contributed by atoms with van der Waals surface area (Å²) in [5.74, 6) is 0.748. The Morgan fingerprint density at radius 2 is 1.57 bits per heavy atom. The Hall–Kier alpha value is -0.760. The Kier molecular flexibility index (Phi) is 3.33. The zero-order valence-electron chi connectivity index (χ0n) is 11.6. The maximum absolute atomic E-state index is 13.3. The van der Waals surface area contributed by atoms with E-state index in [-0.39, 0.29) is 0 Å². The van der Waals surface area contributed by atoms with E-state index in [0.29, 0.717) is 37.0 Å². The van der Waals surface area contributed by atoms with Gasteiger partial charge >= 0.3 is 11.2 Å². The summed E-state index contributed by atoms with van der Waals surface area (Å²) in [5.41, 5.74) is -0.677. The van der Waals surface area contributed by atoms with Crippen LogP contribution in [0.3, 0.4) is 0 Å². The van der Waals surface area contributed by atoms with Crippen LogP contribution >= 0.6 is 0 Å². The van der Waals surface area contributed by atoms with Gasteiger partial charge in [0.1, 0.15) is 0 Å². The summed E-state index contributed by atoms with van der Waals surface area (Å²) in [6.07, 6.45) is 5.37. The summed E-state index contributed by atoms with van der Waals surface area (Å²) in [6, 6.07) is 0. The lowest BCUT2D eigenvalue weighted by atomic mass is 9.49. The van der Waals surface area contributed by atoms with Crippen molar-refractivity contribution in [2.24, 2.45) is 28.3 Å². The smallest absolute Gasteiger partial charge is 0.391 e. The molecule has 21 heavy (non-hydrogen) atoms. The van der Waals surface area contributed by atoms with Crippen LogP contribution in [0.25, 0.3) is 0 Å². The number of hydrogen-bond acceptors (Lipinski definition) is 4. The Bertz CT molecular complexity index is 525. The Morgan fingerprint density at radius 3 is 1.95 bits per heavy atom. The third-order valence-electron chi connectivity index (χ3n) is 5.26. The lowest BCUT2D eigenvalue weighted by molar-refractivity contribution is -0.176. The minimum absolute atomic E-state index is 0.475. The molecule has 4 fully saturated rings. The Balaban J connectivity index is 1.69. The van der Waals surface area contributed by atoms with E-state index in [1.807, 2.05) is 0 Å². The van der Waals surface area contributed by atoms with Crippen molar-refractivity contribution < 1.29 is 26.7 Å². The van der Waals surface area contributed by atoms with E-state index < -0.39 is 33.3 Å². The quantitative estimate of drug-likeness (QED) is 0.797. The molecule has 0 aromatic carbocycles. The van der Waals surface area contributed by atoms with Crippen molar-refractivity contribution in [2.45, 2.75) is 43.8 Å². The van der Waals surface area contributed by atoms with Gasteiger partial charge in [-0.2, -0.15) is 8.78 Å². The summed E-state index contributed by atoms with van der Waals surface area (Å²) in [6.45, 7) is -1.49. The van der Waals surface area contributed by atoms with E-state index >= 15 is 0 Å². The molecule has 0 heterocycles. The van der Waals surface area contributed by atoms with Crippen LogP contribution in [-0.2, 0) is 19.6 Å². The normalized spacial score (nSPS) is 38.5. The highest BCUT2D eigenvalue weighted by Gasteiger charge is 2.56. The second-order valence-electron chi connectivity index (χ2n) is 6.96. The van der Waals surface area contributed by atoms with Crippen LogP contribution in [0.5, 0.6) is 0 Å². The first-order valence-electron chi connectivity index (χ1n) is 7.19. The molecule has 0 aliphatic heterocycles. The third kappa shape index (κ3) is 2.56. The first-order valence-corrected chi connectivity index (χ1v) is 8.73. The number of hydrogen-bond donors (Lipinski definition) is 1. The number of ether oxygens (including phenoxy) is 1. The largest absolute Gasteiger partial charge is 0.458 e. The van der Waals surface area contributed by atoms with Gasteiger partial charge in [-0.3, -0.25) is 4.79 Å². The SMILES string of the molecule is NS(=O)(=O)C(F)(F)COC(=O)C12CC3CC(CC(C3)C1)C2. The van der Waals surface area contributed by atoms with Crippen molar-refractivity contribution in [2.75, 3.05) is 6.61 Å². The second kappa shape index (κ2) is 4.62. The van der Waals surface area contributed by atoms with Crippen molar-refractivity contribution >= 4 is 16.0 Å². The van der Waals surface area contributed by atoms with Crippen LogP contribution in [-0.4, -0.2) is 26.2 Å². The molecule has 4 aliphatic rings. The van der Waals surface area contributed by atoms with E-state index in [2.05, 4.69) is 9.88 Å². The van der Waals surface area contributed by atoms with Gasteiger partial charge in [0, 0.05) is 0 Å². The molecule has 2 N–H and O–H groups in total. The van der Waals surface area contributed by atoms with Crippen LogP contribution in [0, 0.1) is 23.2 Å². The van der Waals surface area contributed by atoms with E-state index in [0.717, 1.165) is 19.3 Å². The first-order chi connectivity index (χ1) is 9.61. The molecule has 120 valence electrons. The van der Waals surface area contributed by atoms with Crippen LogP contribution < -0.4 is 5.14 Å². The molecule has 0 spiro atoms. The van der Waals surface area contributed by atoms with E-state index in [1.54, 1.807) is 0 Å². The predicted octanol–water partition coefficient (Wildman–Crippen LogP) is 1.63. The van der Waals surface area contributed by atoms with Gasteiger partial charge in [0.05, 0.1) is 5.41 Å². The van der Waals surface area contributed by atoms with Crippen molar-refractivity contribution in [3.63, 3.8) is 0 Å². The van der Waals surface area contributed by atoms with E-state index in [9.17, 15) is 22.0 Å². The number of nitrogens with two attached hydrogens (primary N) is 1. The molecule has 4 aliphatic carbocycles. The highest BCUT2D eigenvalue weighted by molar-refractivity contribution is 7.90. The lowest BCUT2D eigenvalue weighted by Crippen LogP contribution is -2.51. The first kappa shape index (κ1) is 15.1. The maximum Gasteiger partial charge on any atom is 0.391 e. The lowest BCUT2D eigenvalue weighted by Gasteiger charge is -2.55. The molecule has 8 heteroatoms. The van der Waals surface area contributed by atoms with Gasteiger partial charge in [-0.25, -0.2) is 13.6 Å². The molecule has 0 radical (unpaired) electrons. The van der Waals surface area contributed by atoms with Crippen LogP contribution in [0.2, 0.25) is 0 Å². The zero-order valence-corrected chi connectivity index (χ0v) is 12.4. The van der Waals surface area contributed by atoms with Gasteiger partial charge in [0.25, 0.3) is 10.0 Å². The maximum atomic E-state index is 13.3. The number of alkyl halides is 2. The van der Waals surface area contributed by atoms with Crippen molar-refractivity contribution in [1.82, 2.24) is 0 Å². The third-order valence-corrected chi connectivity index (χ3v) is 6.21. The summed E-state index contributed by atoms with van der Waals surface area (Å²) in [5, 5.41) is 0.205. The molecular formula is C13H19F2NO4S. The van der Waals surface area contributed by atoms with Gasteiger partial charge in [-0.05, 0) is 56.3 Å². The second-order valence-corrected chi connectivity index (χ2v) is 8.64. The number of rotatable bonds is 4. The summed E-state index contributed by atoms with van der Waals surface area (Å²) in [4.78, 5) is 12.3. The molecule has 4 saturated carbocycles. The number of sulfonamides is 1. The number of carbonyl (C=O) groups excluding carboxylic acids is 1. The zero-order chi connectivity index (χ0) is 15.5. The molecular weight excluding hydrogens is 304 g/mol. The molecule has 4 rings (SSSR count). The van der Waals surface area contributed by atoms with Gasteiger partial charge in [0.15, 0.2) is 6.61 Å². The molecule has 4 bridgehead atoms. The average Bonchev–Trinajstić information content (AvgIpc) is 2.32. The highest BCUT2D eigenvalue weighted by Crippen LogP contribution is 2.60. The molecule has 0 saturated heterocycles. The fourth-order valence-electron chi connectivity index (χ4n) is 4.75. The summed E-state index contributed by atoms with van der Waals surface area (Å²) < 4.78 is 52.7. The fraction of sp³-hybridized carbons (Fsp3) is 0.923. The monoisotopic (exact) mass is 323 g/mol. The van der Waals surface area contributed by atoms with Gasteiger partial charge < -0.3 is 4.74 Å². The minimum Gasteiger partial charge on any atom is -0.458 e. The van der Waals surface area contributed by atoms with Crippen LogP contribution in [0.15, 0.2) is 0 Å². The number of esters is 1. The molecule has 0 unspecified atom stereocenters. The van der Waals surface area contributed by atoms with E-state index in [1.165, 1.54) is 0 Å². The molecule has 0 atom stereocenters. The van der Waals surface area contributed by atoms with Crippen LogP contribution in [0.4, 0.5) is 8.78 Å². The van der Waals surface area contributed by atoms with Gasteiger partial charge in [-0.15, -0.1) is 0 Å². The number of halogens is 2. The topological polar surface area (TPSA) is 86.5 Å². The molecule has 0 aromatic heterocycles. The van der Waals surface area contributed by atoms with Gasteiger partial charge in [0.2, 0.25) is 0 Å². The minimum atomic E-state index is -5.06. The molecule has 0 aromatic rings. The number of primary sulfonamides is 1. The van der Waals surface area contributed by atoms with Gasteiger partial charge in [-0.1, -0.05) is 0 Å². The highest BCUT2D eigenvalue weighted by atomic mass is 32.2. The Morgan fingerprint density at radius 1 is 1.14 bits per heavy atom. The standard InChI is InChI=1S/C13H19F2NO4S/c14-13(15,21(16,18)19)7-20-11(17)12-4-8-1-9(5-12)3-10(2-8)6-12/h8-10H,1-7H2,(H2,16,18,19). The van der Waals surface area contributed by atoms with Crippen LogP contribution in [0.1, 0.15) is 38.5 Å². The molecule has 0 amide bonds. The van der Waals surface area contributed by atoms with Crippen molar-refractivity contribution in [1.29, 1.82) is 0 Å². The Labute approximate surface area is 122 Å². The van der Waals surface area contributed by atoms with Crippen molar-refractivity contribution in [3.8, 4) is 0 Å². The van der Waals surface area contributed by atoms with Crippen molar-refractivity contribution in [3.05, 3.63) is 0 Å². The average molecular weight is 323 g/mol. The fourth-order valence-corrected chi connectivity index (χ4v) is 4.97. The predicted molar refractivity (Wildman–Crippen MR) is 69.6 cm³/mol. The van der Waals surface area contributed by atoms with E-state index in [4.69, 9.17) is 0 Å². The molecule has 5 nitrogen and oxygen atoms in total. The summed E-state index contributed by atoms with van der Waals surface area (Å²) >= 11 is 0. The number of carbonyl (C=O) groups is 1. The summed E-state index contributed by atoms with van der Waals surface area (Å²) in [7, 11) is -5.06.